The molecule has 0 atom stereocenters. The first-order chi connectivity index (χ1) is 9.95. The number of anilines is 2. The van der Waals surface area contributed by atoms with E-state index in [0.29, 0.717) is 11.0 Å². The van der Waals surface area contributed by atoms with Crippen molar-refractivity contribution in [3.8, 4) is 0 Å². The van der Waals surface area contributed by atoms with E-state index >= 15 is 0 Å². The largest absolute Gasteiger partial charge is 0.381 e. The van der Waals surface area contributed by atoms with E-state index in [1.165, 1.54) is 13.0 Å². The summed E-state index contributed by atoms with van der Waals surface area (Å²) in [5, 5.41) is 6.00. The van der Waals surface area contributed by atoms with Gasteiger partial charge in [-0.2, -0.15) is 0 Å². The predicted molar refractivity (Wildman–Crippen MR) is 86.9 cm³/mol. The monoisotopic (exact) mass is 350 g/mol. The van der Waals surface area contributed by atoms with Crippen LogP contribution in [0.5, 0.6) is 0 Å². The van der Waals surface area contributed by atoms with Crippen LogP contribution in [0.15, 0.2) is 40.9 Å². The lowest BCUT2D eigenvalue weighted by atomic mass is 10.1. The molecule has 2 rings (SSSR count). The van der Waals surface area contributed by atoms with Gasteiger partial charge < -0.3 is 10.6 Å². The Hall–Kier alpha value is -1.88. The second kappa shape index (κ2) is 6.72. The van der Waals surface area contributed by atoms with Crippen molar-refractivity contribution in [2.24, 2.45) is 0 Å². The Morgan fingerprint density at radius 2 is 2.00 bits per heavy atom. The van der Waals surface area contributed by atoms with E-state index in [1.807, 2.05) is 31.2 Å². The summed E-state index contributed by atoms with van der Waals surface area (Å²) in [5.41, 5.74) is 3.55. The molecule has 0 radical (unpaired) electrons. The summed E-state index contributed by atoms with van der Waals surface area (Å²) in [4.78, 5) is 11.1. The topological polar surface area (TPSA) is 41.1 Å². The van der Waals surface area contributed by atoms with Crippen LogP contribution in [0.1, 0.15) is 18.1 Å². The van der Waals surface area contributed by atoms with Crippen LogP contribution in [-0.2, 0) is 11.3 Å². The molecule has 0 aliphatic heterocycles. The zero-order chi connectivity index (χ0) is 15.4. The van der Waals surface area contributed by atoms with Crippen molar-refractivity contribution in [3.63, 3.8) is 0 Å². The highest BCUT2D eigenvalue weighted by Crippen LogP contribution is 2.21. The highest BCUT2D eigenvalue weighted by Gasteiger charge is 2.03. The lowest BCUT2D eigenvalue weighted by Crippen LogP contribution is -2.07. The van der Waals surface area contributed by atoms with Gasteiger partial charge in [0.2, 0.25) is 5.91 Å². The van der Waals surface area contributed by atoms with Gasteiger partial charge >= 0.3 is 0 Å². The smallest absolute Gasteiger partial charge is 0.221 e. The van der Waals surface area contributed by atoms with Crippen molar-refractivity contribution < 1.29 is 9.18 Å². The minimum atomic E-state index is -0.272. The van der Waals surface area contributed by atoms with Gasteiger partial charge in [0.1, 0.15) is 5.82 Å². The number of hydrogen-bond acceptors (Lipinski definition) is 2. The molecule has 3 nitrogen and oxygen atoms in total. The fourth-order valence-corrected chi connectivity index (χ4v) is 2.20. The Morgan fingerprint density at radius 3 is 2.62 bits per heavy atom. The molecule has 110 valence electrons. The van der Waals surface area contributed by atoms with Crippen LogP contribution in [0.3, 0.4) is 0 Å². The van der Waals surface area contributed by atoms with E-state index in [9.17, 15) is 9.18 Å². The zero-order valence-electron chi connectivity index (χ0n) is 11.8. The Morgan fingerprint density at radius 1 is 1.24 bits per heavy atom. The highest BCUT2D eigenvalue weighted by molar-refractivity contribution is 9.10. The van der Waals surface area contributed by atoms with E-state index in [-0.39, 0.29) is 11.7 Å². The summed E-state index contributed by atoms with van der Waals surface area (Å²) in [6.07, 6.45) is 0. The van der Waals surface area contributed by atoms with Crippen molar-refractivity contribution >= 4 is 33.2 Å². The van der Waals surface area contributed by atoms with Crippen molar-refractivity contribution in [2.75, 3.05) is 10.6 Å². The highest BCUT2D eigenvalue weighted by atomic mass is 79.9. The first-order valence-electron chi connectivity index (χ1n) is 6.52. The van der Waals surface area contributed by atoms with Crippen molar-refractivity contribution in [3.05, 3.63) is 57.8 Å². The summed E-state index contributed by atoms with van der Waals surface area (Å²) in [7, 11) is 0. The quantitative estimate of drug-likeness (QED) is 0.854. The SMILES string of the molecule is CC(=O)Nc1ccc(NCc2ccc(Br)c(F)c2)cc1C. The molecule has 0 heterocycles. The van der Waals surface area contributed by atoms with Gasteiger partial charge in [-0.15, -0.1) is 0 Å². The van der Waals surface area contributed by atoms with Gasteiger partial charge in [0.25, 0.3) is 0 Å². The summed E-state index contributed by atoms with van der Waals surface area (Å²) in [6.45, 7) is 3.94. The maximum Gasteiger partial charge on any atom is 0.221 e. The minimum absolute atomic E-state index is 0.0934. The van der Waals surface area contributed by atoms with Gasteiger partial charge in [0.05, 0.1) is 4.47 Å². The number of benzene rings is 2. The average Bonchev–Trinajstić information content (AvgIpc) is 2.42. The number of halogens is 2. The molecule has 0 saturated carbocycles. The van der Waals surface area contributed by atoms with Gasteiger partial charge in [-0.25, -0.2) is 4.39 Å². The molecular weight excluding hydrogens is 335 g/mol. The molecule has 5 heteroatoms. The van der Waals surface area contributed by atoms with E-state index in [2.05, 4.69) is 26.6 Å². The van der Waals surface area contributed by atoms with E-state index < -0.39 is 0 Å². The molecule has 2 aromatic rings. The van der Waals surface area contributed by atoms with Gasteiger partial charge in [0, 0.05) is 24.8 Å². The van der Waals surface area contributed by atoms with E-state index in [0.717, 1.165) is 22.5 Å². The molecule has 0 aliphatic rings. The zero-order valence-corrected chi connectivity index (χ0v) is 13.4. The average molecular weight is 351 g/mol. The molecule has 0 aromatic heterocycles. The third kappa shape index (κ3) is 4.29. The molecule has 0 aliphatic carbocycles. The number of rotatable bonds is 4. The fourth-order valence-electron chi connectivity index (χ4n) is 1.96. The van der Waals surface area contributed by atoms with Gasteiger partial charge in [0.15, 0.2) is 0 Å². The van der Waals surface area contributed by atoms with Crippen molar-refractivity contribution in [1.29, 1.82) is 0 Å². The number of nitrogens with one attached hydrogen (secondary N) is 2. The van der Waals surface area contributed by atoms with E-state index in [1.54, 1.807) is 6.07 Å². The molecule has 2 N–H and O–H groups in total. The van der Waals surface area contributed by atoms with Crippen molar-refractivity contribution in [1.82, 2.24) is 0 Å². The molecular formula is C16H16BrFN2O. The number of hydrogen-bond donors (Lipinski definition) is 2. The van der Waals surface area contributed by atoms with Gasteiger partial charge in [-0.05, 0) is 64.3 Å². The third-order valence-electron chi connectivity index (χ3n) is 3.02. The first-order valence-corrected chi connectivity index (χ1v) is 7.31. The van der Waals surface area contributed by atoms with Crippen LogP contribution in [-0.4, -0.2) is 5.91 Å². The molecule has 2 aromatic carbocycles. The Bertz CT molecular complexity index is 673. The standard InChI is InChI=1S/C16H16BrFN2O/c1-10-7-13(4-6-16(10)20-11(2)21)19-9-12-3-5-14(17)15(18)8-12/h3-8,19H,9H2,1-2H3,(H,20,21). The first kappa shape index (κ1) is 15.5. The number of carbonyl (C=O) groups is 1. The second-order valence-corrected chi connectivity index (χ2v) is 5.67. The summed E-state index contributed by atoms with van der Waals surface area (Å²) in [6, 6.07) is 10.7. The number of amides is 1. The Labute approximate surface area is 131 Å². The van der Waals surface area contributed by atoms with Crippen LogP contribution in [0.25, 0.3) is 0 Å². The molecule has 0 bridgehead atoms. The van der Waals surface area contributed by atoms with Gasteiger partial charge in [-0.1, -0.05) is 6.07 Å². The maximum atomic E-state index is 13.4. The van der Waals surface area contributed by atoms with Crippen LogP contribution in [0, 0.1) is 12.7 Å². The molecule has 0 fully saturated rings. The summed E-state index contributed by atoms with van der Waals surface area (Å²) >= 11 is 3.13. The number of aryl methyl sites for hydroxylation is 1. The second-order valence-electron chi connectivity index (χ2n) is 4.81. The summed E-state index contributed by atoms with van der Waals surface area (Å²) in [5.74, 6) is -0.365. The van der Waals surface area contributed by atoms with Crippen LogP contribution in [0.4, 0.5) is 15.8 Å². The molecule has 0 spiro atoms. The van der Waals surface area contributed by atoms with Gasteiger partial charge in [-0.3, -0.25) is 4.79 Å². The number of carbonyl (C=O) groups excluding carboxylic acids is 1. The molecule has 0 unspecified atom stereocenters. The Kier molecular flexibility index (Phi) is 4.96. The predicted octanol–water partition coefficient (Wildman–Crippen LogP) is 4.47. The molecule has 1 amide bonds. The van der Waals surface area contributed by atoms with Crippen molar-refractivity contribution in [2.45, 2.75) is 20.4 Å². The minimum Gasteiger partial charge on any atom is -0.381 e. The van der Waals surface area contributed by atoms with E-state index in [4.69, 9.17) is 0 Å². The fraction of sp³-hybridized carbons (Fsp3) is 0.188. The Balaban J connectivity index is 2.04. The normalized spacial score (nSPS) is 10.3. The molecule has 0 saturated heterocycles. The van der Waals surface area contributed by atoms with Crippen LogP contribution < -0.4 is 10.6 Å². The third-order valence-corrected chi connectivity index (χ3v) is 3.66. The molecule has 21 heavy (non-hydrogen) atoms. The maximum absolute atomic E-state index is 13.4. The van der Waals surface area contributed by atoms with Crippen LogP contribution >= 0.6 is 15.9 Å². The van der Waals surface area contributed by atoms with Crippen LogP contribution in [0.2, 0.25) is 0 Å². The lowest BCUT2D eigenvalue weighted by molar-refractivity contribution is -0.114. The lowest BCUT2D eigenvalue weighted by Gasteiger charge is -2.11. The summed E-state index contributed by atoms with van der Waals surface area (Å²) < 4.78 is 13.9.